The molecule has 4 rings (SSSR count). The number of likely N-dealkylation sites (N-methyl/N-ethyl adjacent to an activating group) is 1. The predicted octanol–water partition coefficient (Wildman–Crippen LogP) is 7.24. The summed E-state index contributed by atoms with van der Waals surface area (Å²) in [6.07, 6.45) is 13.3. The lowest BCUT2D eigenvalue weighted by Gasteiger charge is -2.27. The van der Waals surface area contributed by atoms with E-state index in [1.54, 1.807) is 24.2 Å². The topological polar surface area (TPSA) is 108 Å². The fourth-order valence-corrected chi connectivity index (χ4v) is 6.76. The highest BCUT2D eigenvalue weighted by molar-refractivity contribution is 7.17. The summed E-state index contributed by atoms with van der Waals surface area (Å²) in [5, 5.41) is 11.5. The van der Waals surface area contributed by atoms with Gasteiger partial charge in [-0.2, -0.15) is 5.10 Å². The van der Waals surface area contributed by atoms with Gasteiger partial charge >= 0.3 is 0 Å². The van der Waals surface area contributed by atoms with Gasteiger partial charge in [0.2, 0.25) is 6.41 Å². The van der Waals surface area contributed by atoms with E-state index in [-0.39, 0.29) is 25.6 Å². The van der Waals surface area contributed by atoms with E-state index < -0.39 is 11.7 Å². The van der Waals surface area contributed by atoms with Crippen LogP contribution >= 0.6 is 11.3 Å². The number of ether oxygens (including phenoxy) is 1. The molecular weight excluding hydrogens is 669 g/mol. The van der Waals surface area contributed by atoms with Gasteiger partial charge in [-0.3, -0.25) is 19.8 Å². The highest BCUT2D eigenvalue weighted by Gasteiger charge is 2.20. The number of fused-ring (bicyclic) bond motifs is 2. The van der Waals surface area contributed by atoms with E-state index in [1.165, 1.54) is 34.7 Å². The van der Waals surface area contributed by atoms with Crippen molar-refractivity contribution in [3.05, 3.63) is 119 Å². The highest BCUT2D eigenvalue weighted by Crippen LogP contribution is 2.37. The third kappa shape index (κ3) is 10.4. The molecule has 0 saturated heterocycles. The maximum absolute atomic E-state index is 15.6. The van der Waals surface area contributed by atoms with Gasteiger partial charge in [-0.05, 0) is 73.8 Å². The number of hydrogen-bond acceptors (Lipinski definition) is 9. The van der Waals surface area contributed by atoms with Crippen molar-refractivity contribution in [1.29, 1.82) is 0 Å². The summed E-state index contributed by atoms with van der Waals surface area (Å²) in [6, 6.07) is 8.34. The molecule has 1 amide bonds. The van der Waals surface area contributed by atoms with Crippen LogP contribution in [0.25, 0.3) is 27.4 Å². The zero-order valence-corrected chi connectivity index (χ0v) is 30.1. The van der Waals surface area contributed by atoms with E-state index in [0.717, 1.165) is 59.3 Å². The van der Waals surface area contributed by atoms with Crippen molar-refractivity contribution in [2.75, 3.05) is 33.8 Å². The average Bonchev–Trinajstić information content (AvgIpc) is 3.61. The summed E-state index contributed by atoms with van der Waals surface area (Å²) >= 11 is 1.46. The molecule has 0 saturated carbocycles. The van der Waals surface area contributed by atoms with E-state index in [0.29, 0.717) is 35.5 Å². The van der Waals surface area contributed by atoms with Crippen LogP contribution in [0.2, 0.25) is 0 Å². The normalized spacial score (nSPS) is 15.3. The monoisotopic (exact) mass is 713 g/mol. The van der Waals surface area contributed by atoms with Crippen LogP contribution in [-0.4, -0.2) is 73.6 Å². The van der Waals surface area contributed by atoms with Crippen molar-refractivity contribution >= 4 is 46.3 Å². The number of benzene rings is 1. The van der Waals surface area contributed by atoms with Crippen molar-refractivity contribution in [1.82, 2.24) is 20.2 Å². The van der Waals surface area contributed by atoms with Gasteiger partial charge in [0, 0.05) is 66.6 Å². The first-order chi connectivity index (χ1) is 24.7. The van der Waals surface area contributed by atoms with E-state index in [9.17, 15) is 9.18 Å². The molecule has 0 spiro atoms. The Morgan fingerprint density at radius 2 is 2.08 bits per heavy atom. The number of thiophene rings is 1. The summed E-state index contributed by atoms with van der Waals surface area (Å²) in [5.41, 5.74) is 12.0. The number of halogens is 2. The molecule has 1 unspecified atom stereocenters. The number of hydrazone groups is 1. The molecule has 0 radical (unpaired) electrons. The molecule has 1 aliphatic heterocycles. The van der Waals surface area contributed by atoms with Gasteiger partial charge in [0.1, 0.15) is 18.3 Å². The Balaban J connectivity index is 1.80. The number of rotatable bonds is 18. The zero-order chi connectivity index (χ0) is 36.8. The van der Waals surface area contributed by atoms with Crippen molar-refractivity contribution < 1.29 is 18.3 Å². The number of aliphatic imine (C=N–C) groups is 1. The van der Waals surface area contributed by atoms with Crippen LogP contribution in [0, 0.1) is 0 Å². The van der Waals surface area contributed by atoms with Crippen molar-refractivity contribution in [3.63, 3.8) is 0 Å². The van der Waals surface area contributed by atoms with Crippen molar-refractivity contribution in [3.8, 4) is 11.3 Å². The minimum Gasteiger partial charge on any atom is -0.495 e. The van der Waals surface area contributed by atoms with E-state index >= 15 is 4.39 Å². The summed E-state index contributed by atoms with van der Waals surface area (Å²) in [5.74, 6) is -1.64. The summed E-state index contributed by atoms with van der Waals surface area (Å²) in [6.45, 7) is 11.7. The Kier molecular flexibility index (Phi) is 14.6. The van der Waals surface area contributed by atoms with Gasteiger partial charge in [0.15, 0.2) is 0 Å². The van der Waals surface area contributed by atoms with Crippen LogP contribution in [0.4, 0.5) is 8.78 Å². The number of amides is 1. The number of hydrogen-bond donors (Lipinski definition) is 2. The van der Waals surface area contributed by atoms with Gasteiger partial charge in [-0.15, -0.1) is 17.9 Å². The number of carbonyl (C=O) groups excluding carboxylic acids is 1. The van der Waals surface area contributed by atoms with Gasteiger partial charge in [0.25, 0.3) is 0 Å². The molecule has 268 valence electrons. The summed E-state index contributed by atoms with van der Waals surface area (Å²) in [4.78, 5) is 22.8. The van der Waals surface area contributed by atoms with Crippen molar-refractivity contribution in [2.24, 2.45) is 15.8 Å². The molecule has 3 N–H and O–H groups in total. The molecule has 3 aromatic rings. The Hall–Kier alpha value is -5.20. The quantitative estimate of drug-likeness (QED) is 0.0360. The fourth-order valence-electron chi connectivity index (χ4n) is 5.83. The first kappa shape index (κ1) is 38.6. The number of pyridine rings is 1. The lowest BCUT2D eigenvalue weighted by molar-refractivity contribution is -0.109. The maximum atomic E-state index is 15.6. The Morgan fingerprint density at radius 3 is 2.80 bits per heavy atom. The minimum absolute atomic E-state index is 0.0774. The molecule has 0 fully saturated rings. The van der Waals surface area contributed by atoms with Crippen LogP contribution < -0.4 is 11.1 Å². The molecular formula is C39H45F2N7O2S. The lowest BCUT2D eigenvalue weighted by atomic mass is 9.95. The molecule has 0 aliphatic carbocycles. The van der Waals surface area contributed by atoms with Crippen LogP contribution in [0.15, 0.2) is 107 Å². The molecule has 1 aliphatic rings. The zero-order valence-electron chi connectivity index (χ0n) is 29.3. The number of carbonyl (C=O) groups is 1. The lowest BCUT2D eigenvalue weighted by Crippen LogP contribution is -2.32. The van der Waals surface area contributed by atoms with Gasteiger partial charge < -0.3 is 20.7 Å². The molecule has 9 nitrogen and oxygen atoms in total. The molecule has 51 heavy (non-hydrogen) atoms. The number of allylic oxidation sites excluding steroid dienone is 5. The predicted molar refractivity (Wildman–Crippen MR) is 207 cm³/mol. The smallest absolute Gasteiger partial charge is 0.207 e. The SMILES string of the molecule is C=CCC(C)N(N=C)/C(=C\Cc1nc(-c2ccc3c(c2)CN(C)CC3)c2ccsc2c1C=C(F)/C=C(F)\C=C\OCC(/C=C\N)=NC)CNC=O. The standard InChI is InChI=1S/C39H45F2N7O2S/c1-6-7-27(2)48(44-4)34(23-45-26-49)10-11-37-36(22-32(41)21-31(40)14-18-50-25-33(43-3)12-16-42)39-35(15-19-51-39)38(46-37)29-9-8-28-13-17-47(5)24-30(28)20-29/h6,8-10,12,14-16,18-22,26-27H,1,4,7,11,13,17,23-25,42H2,2-3,5H3,(H,45,49)/b16-12-,18-14+,31-21+,32-22?,34-10-,43-33?. The van der Waals surface area contributed by atoms with Crippen molar-refractivity contribution in [2.45, 2.75) is 38.8 Å². The van der Waals surface area contributed by atoms with Crippen LogP contribution in [0.3, 0.4) is 0 Å². The molecule has 3 heterocycles. The number of nitrogens with one attached hydrogen (secondary N) is 1. The number of nitrogens with two attached hydrogens (primary N) is 1. The second-order valence-corrected chi connectivity index (χ2v) is 12.9. The van der Waals surface area contributed by atoms with Gasteiger partial charge in [-0.1, -0.05) is 24.3 Å². The van der Waals surface area contributed by atoms with E-state index in [1.807, 2.05) is 24.4 Å². The Bertz CT molecular complexity index is 1890. The third-order valence-electron chi connectivity index (χ3n) is 8.36. The molecule has 2 aromatic heterocycles. The number of nitrogens with zero attached hydrogens (tertiary/aromatic N) is 5. The molecule has 12 heteroatoms. The second-order valence-electron chi connectivity index (χ2n) is 12.0. The number of aromatic nitrogens is 1. The van der Waals surface area contributed by atoms with E-state index in [4.69, 9.17) is 15.5 Å². The van der Waals surface area contributed by atoms with Crippen LogP contribution in [0.5, 0.6) is 0 Å². The summed E-state index contributed by atoms with van der Waals surface area (Å²) < 4.78 is 36.6. The third-order valence-corrected chi connectivity index (χ3v) is 9.31. The van der Waals surface area contributed by atoms with Crippen LogP contribution in [-0.2, 0) is 28.9 Å². The minimum atomic E-state index is -0.841. The second kappa shape index (κ2) is 19.3. The molecule has 1 aromatic carbocycles. The Morgan fingerprint density at radius 1 is 1.25 bits per heavy atom. The molecule has 0 bridgehead atoms. The first-order valence-electron chi connectivity index (χ1n) is 16.5. The van der Waals surface area contributed by atoms with Crippen LogP contribution in [0.1, 0.15) is 35.7 Å². The average molecular weight is 714 g/mol. The fraction of sp³-hybridized carbons (Fsp3) is 0.282. The highest BCUT2D eigenvalue weighted by atomic mass is 32.1. The van der Waals surface area contributed by atoms with E-state index in [2.05, 4.69) is 58.9 Å². The van der Waals surface area contributed by atoms with Gasteiger partial charge in [0.05, 0.1) is 41.6 Å². The van der Waals surface area contributed by atoms with Gasteiger partial charge in [-0.25, -0.2) is 8.78 Å². The summed E-state index contributed by atoms with van der Waals surface area (Å²) in [7, 11) is 3.70. The maximum Gasteiger partial charge on any atom is 0.207 e. The Labute approximate surface area is 302 Å². The largest absolute Gasteiger partial charge is 0.495 e. The first-order valence-corrected chi connectivity index (χ1v) is 17.4. The molecule has 1 atom stereocenters.